The third-order valence-electron chi connectivity index (χ3n) is 4.73. The minimum absolute atomic E-state index is 0.0980. The van der Waals surface area contributed by atoms with Gasteiger partial charge in [-0.05, 0) is 23.6 Å². The summed E-state index contributed by atoms with van der Waals surface area (Å²) in [6, 6.07) is 8.13. The lowest BCUT2D eigenvalue weighted by molar-refractivity contribution is -0.115. The fourth-order valence-electron chi connectivity index (χ4n) is 3.31. The molecule has 2 heterocycles. The summed E-state index contributed by atoms with van der Waals surface area (Å²) < 4.78 is 5.20. The summed E-state index contributed by atoms with van der Waals surface area (Å²) in [5.74, 6) is 1.19. The van der Waals surface area contributed by atoms with Crippen LogP contribution in [0.5, 0.6) is 5.75 Å². The molecule has 0 unspecified atom stereocenters. The van der Waals surface area contributed by atoms with E-state index in [2.05, 4.69) is 41.4 Å². The molecule has 136 valence electrons. The van der Waals surface area contributed by atoms with Gasteiger partial charge in [0.05, 0.1) is 7.11 Å². The number of oxime groups is 1. The minimum Gasteiger partial charge on any atom is -0.497 e. The van der Waals surface area contributed by atoms with Crippen LogP contribution in [0.15, 0.2) is 29.4 Å². The van der Waals surface area contributed by atoms with Crippen LogP contribution in [0.2, 0.25) is 0 Å². The summed E-state index contributed by atoms with van der Waals surface area (Å²) >= 11 is 0. The maximum absolute atomic E-state index is 12.2. The number of benzene rings is 1. The second kappa shape index (κ2) is 7.44. The van der Waals surface area contributed by atoms with E-state index in [0.717, 1.165) is 31.8 Å². The lowest BCUT2D eigenvalue weighted by Crippen LogP contribution is -2.37. The SMILES string of the molecule is COc1ccc(CN2CC[C@]3(CC(C(=O)NCC(C)C)=NO3)C2)cc1. The lowest BCUT2D eigenvalue weighted by Gasteiger charge is -2.21. The fourth-order valence-corrected chi connectivity index (χ4v) is 3.31. The Balaban J connectivity index is 1.51. The van der Waals surface area contributed by atoms with Crippen LogP contribution in [0, 0.1) is 5.92 Å². The maximum Gasteiger partial charge on any atom is 0.269 e. The zero-order chi connectivity index (χ0) is 17.9. The van der Waals surface area contributed by atoms with Gasteiger partial charge in [-0.3, -0.25) is 9.69 Å². The van der Waals surface area contributed by atoms with Gasteiger partial charge in [0.25, 0.3) is 5.91 Å². The number of rotatable bonds is 6. The minimum atomic E-state index is -0.336. The summed E-state index contributed by atoms with van der Waals surface area (Å²) in [5, 5.41) is 6.99. The van der Waals surface area contributed by atoms with Crippen LogP contribution >= 0.6 is 0 Å². The van der Waals surface area contributed by atoms with Crippen molar-refractivity contribution in [2.75, 3.05) is 26.7 Å². The largest absolute Gasteiger partial charge is 0.497 e. The quantitative estimate of drug-likeness (QED) is 0.858. The van der Waals surface area contributed by atoms with E-state index >= 15 is 0 Å². The van der Waals surface area contributed by atoms with Crippen molar-refractivity contribution in [3.05, 3.63) is 29.8 Å². The first kappa shape index (κ1) is 17.7. The Hall–Kier alpha value is -2.08. The molecule has 1 atom stereocenters. The molecule has 6 nitrogen and oxygen atoms in total. The molecule has 1 aromatic carbocycles. The second-order valence-electron chi connectivity index (χ2n) is 7.40. The Bertz CT molecular complexity index is 642. The maximum atomic E-state index is 12.2. The van der Waals surface area contributed by atoms with Crippen LogP contribution < -0.4 is 10.1 Å². The number of carbonyl (C=O) groups excluding carboxylic acids is 1. The molecule has 1 aromatic rings. The molecule has 0 aliphatic carbocycles. The van der Waals surface area contributed by atoms with E-state index in [1.807, 2.05) is 12.1 Å². The number of methoxy groups -OCH3 is 1. The molecule has 0 bridgehead atoms. The molecule has 1 saturated heterocycles. The van der Waals surface area contributed by atoms with E-state index in [0.29, 0.717) is 24.6 Å². The van der Waals surface area contributed by atoms with Crippen LogP contribution in [0.3, 0.4) is 0 Å². The van der Waals surface area contributed by atoms with Crippen molar-refractivity contribution in [1.29, 1.82) is 0 Å². The van der Waals surface area contributed by atoms with Gasteiger partial charge >= 0.3 is 0 Å². The van der Waals surface area contributed by atoms with Crippen molar-refractivity contribution in [2.24, 2.45) is 11.1 Å². The third-order valence-corrected chi connectivity index (χ3v) is 4.73. The number of nitrogens with zero attached hydrogens (tertiary/aromatic N) is 2. The Kier molecular flexibility index (Phi) is 5.27. The van der Waals surface area contributed by atoms with Gasteiger partial charge in [-0.25, -0.2) is 0 Å². The molecule has 2 aliphatic heterocycles. The molecule has 0 aromatic heterocycles. The smallest absolute Gasteiger partial charge is 0.269 e. The predicted octanol–water partition coefficient (Wildman–Crippen LogP) is 2.19. The normalized spacial score (nSPS) is 23.0. The summed E-state index contributed by atoms with van der Waals surface area (Å²) in [4.78, 5) is 20.2. The van der Waals surface area contributed by atoms with Crippen molar-refractivity contribution in [3.63, 3.8) is 0 Å². The highest BCUT2D eigenvalue weighted by molar-refractivity contribution is 6.39. The molecule has 25 heavy (non-hydrogen) atoms. The number of ether oxygens (including phenoxy) is 1. The third kappa shape index (κ3) is 4.31. The highest BCUT2D eigenvalue weighted by Crippen LogP contribution is 2.34. The van der Waals surface area contributed by atoms with Gasteiger partial charge in [0.15, 0.2) is 5.60 Å². The standard InChI is InChI=1S/C19H27N3O3/c1-14(2)11-20-18(23)17-10-19(25-21-17)8-9-22(13-19)12-15-4-6-16(24-3)7-5-15/h4-7,14H,8-13H2,1-3H3,(H,20,23)/t19-/m0/s1. The van der Waals surface area contributed by atoms with Crippen LogP contribution in [-0.4, -0.2) is 48.9 Å². The topological polar surface area (TPSA) is 63.2 Å². The van der Waals surface area contributed by atoms with Crippen molar-refractivity contribution < 1.29 is 14.4 Å². The van der Waals surface area contributed by atoms with E-state index in [9.17, 15) is 4.79 Å². The molecule has 1 amide bonds. The number of carbonyl (C=O) groups is 1. The summed E-state index contributed by atoms with van der Waals surface area (Å²) in [5.41, 5.74) is 1.43. The number of likely N-dealkylation sites (tertiary alicyclic amines) is 1. The molecule has 1 fully saturated rings. The predicted molar refractivity (Wildman–Crippen MR) is 96.6 cm³/mol. The van der Waals surface area contributed by atoms with Gasteiger partial charge in [0, 0.05) is 39.0 Å². The summed E-state index contributed by atoms with van der Waals surface area (Å²) in [7, 11) is 1.67. The molecule has 0 radical (unpaired) electrons. The molecule has 2 aliphatic rings. The first-order valence-corrected chi connectivity index (χ1v) is 8.88. The monoisotopic (exact) mass is 345 g/mol. The molecule has 1 spiro atoms. The highest BCUT2D eigenvalue weighted by atomic mass is 16.7. The molecule has 0 saturated carbocycles. The van der Waals surface area contributed by atoms with Crippen LogP contribution in [0.1, 0.15) is 32.3 Å². The zero-order valence-electron chi connectivity index (χ0n) is 15.2. The summed E-state index contributed by atoms with van der Waals surface area (Å²) in [6.07, 6.45) is 1.49. The van der Waals surface area contributed by atoms with E-state index in [4.69, 9.17) is 9.57 Å². The lowest BCUT2D eigenvalue weighted by atomic mass is 9.96. The summed E-state index contributed by atoms with van der Waals surface area (Å²) in [6.45, 7) is 7.41. The van der Waals surface area contributed by atoms with Gasteiger partial charge < -0.3 is 14.9 Å². The Morgan fingerprint density at radius 1 is 1.40 bits per heavy atom. The van der Waals surface area contributed by atoms with Crippen LogP contribution in [0.25, 0.3) is 0 Å². The molecular formula is C19H27N3O3. The molecular weight excluding hydrogens is 318 g/mol. The van der Waals surface area contributed by atoms with Crippen LogP contribution in [-0.2, 0) is 16.2 Å². The van der Waals surface area contributed by atoms with Crippen molar-refractivity contribution in [2.45, 2.75) is 38.8 Å². The van der Waals surface area contributed by atoms with E-state index in [1.54, 1.807) is 7.11 Å². The molecule has 3 rings (SSSR count). The first-order chi connectivity index (χ1) is 12.0. The molecule has 6 heteroatoms. The highest BCUT2D eigenvalue weighted by Gasteiger charge is 2.46. The second-order valence-corrected chi connectivity index (χ2v) is 7.40. The Morgan fingerprint density at radius 2 is 2.16 bits per heavy atom. The Labute approximate surface area is 149 Å². The van der Waals surface area contributed by atoms with Crippen LogP contribution in [0.4, 0.5) is 0 Å². The average molecular weight is 345 g/mol. The number of hydrogen-bond acceptors (Lipinski definition) is 5. The fraction of sp³-hybridized carbons (Fsp3) is 0.579. The van der Waals surface area contributed by atoms with Gasteiger partial charge in [0.2, 0.25) is 0 Å². The first-order valence-electron chi connectivity index (χ1n) is 8.88. The number of nitrogens with one attached hydrogen (secondary N) is 1. The van der Waals surface area contributed by atoms with Crippen molar-refractivity contribution in [1.82, 2.24) is 10.2 Å². The average Bonchev–Trinajstić information content (AvgIpc) is 3.20. The van der Waals surface area contributed by atoms with E-state index in [1.165, 1.54) is 5.56 Å². The van der Waals surface area contributed by atoms with E-state index in [-0.39, 0.29) is 11.5 Å². The zero-order valence-corrected chi connectivity index (χ0v) is 15.2. The van der Waals surface area contributed by atoms with Gasteiger partial charge in [0.1, 0.15) is 11.5 Å². The van der Waals surface area contributed by atoms with Gasteiger partial charge in [-0.15, -0.1) is 0 Å². The van der Waals surface area contributed by atoms with Crippen molar-refractivity contribution in [3.8, 4) is 5.75 Å². The number of amides is 1. The van der Waals surface area contributed by atoms with Gasteiger partial charge in [-0.2, -0.15) is 0 Å². The van der Waals surface area contributed by atoms with Gasteiger partial charge in [-0.1, -0.05) is 31.1 Å². The van der Waals surface area contributed by atoms with Crippen molar-refractivity contribution >= 4 is 11.6 Å². The molecule has 1 N–H and O–H groups in total. The number of hydrogen-bond donors (Lipinski definition) is 1. The van der Waals surface area contributed by atoms with E-state index < -0.39 is 0 Å². The Morgan fingerprint density at radius 3 is 2.84 bits per heavy atom.